The number of carbonyl (C=O) groups is 1. The summed E-state index contributed by atoms with van der Waals surface area (Å²) in [6.07, 6.45) is 2.30. The molecular weight excluding hydrogens is 116 g/mol. The lowest BCUT2D eigenvalue weighted by Crippen LogP contribution is -2.13. The van der Waals surface area contributed by atoms with E-state index in [1.807, 2.05) is 6.92 Å². The van der Waals surface area contributed by atoms with Crippen molar-refractivity contribution in [2.45, 2.75) is 13.3 Å². The zero-order chi connectivity index (χ0) is 7.07. The zero-order valence-electron chi connectivity index (χ0n) is 5.42. The maximum Gasteiger partial charge on any atom is 0.313 e. The Morgan fingerprint density at radius 1 is 2.00 bits per heavy atom. The fourth-order valence-corrected chi connectivity index (χ4v) is 1.12. The van der Waals surface area contributed by atoms with Crippen molar-refractivity contribution in [3.05, 3.63) is 12.7 Å². The fourth-order valence-electron chi connectivity index (χ4n) is 1.12. The van der Waals surface area contributed by atoms with Crippen LogP contribution >= 0.6 is 0 Å². The van der Waals surface area contributed by atoms with Gasteiger partial charge in [-0.15, -0.1) is 6.58 Å². The maximum atomic E-state index is 10.5. The van der Waals surface area contributed by atoms with Gasteiger partial charge >= 0.3 is 5.97 Å². The van der Waals surface area contributed by atoms with Crippen molar-refractivity contribution in [3.63, 3.8) is 0 Å². The molecule has 50 valence electrons. The van der Waals surface area contributed by atoms with Crippen LogP contribution in [0.15, 0.2) is 12.7 Å². The van der Waals surface area contributed by atoms with Gasteiger partial charge in [0.15, 0.2) is 0 Å². The van der Waals surface area contributed by atoms with Crippen LogP contribution in [0.4, 0.5) is 0 Å². The van der Waals surface area contributed by atoms with Crippen LogP contribution in [-0.4, -0.2) is 11.1 Å². The first kappa shape index (κ1) is 6.33. The Morgan fingerprint density at radius 2 is 2.44 bits per heavy atom. The third-order valence-electron chi connectivity index (χ3n) is 2.13. The SMILES string of the molecule is C=CC1(C(=O)O)CC1C. The standard InChI is InChI=1S/C7H10O2/c1-3-7(6(8)9)4-5(7)2/h3,5H,1,4H2,2H3,(H,8,9). The second-order valence-corrected chi connectivity index (χ2v) is 2.65. The molecule has 0 saturated heterocycles. The van der Waals surface area contributed by atoms with E-state index in [-0.39, 0.29) is 5.92 Å². The first-order valence-electron chi connectivity index (χ1n) is 3.00. The van der Waals surface area contributed by atoms with E-state index in [0.29, 0.717) is 0 Å². The highest BCUT2D eigenvalue weighted by atomic mass is 16.4. The van der Waals surface area contributed by atoms with Crippen LogP contribution in [0, 0.1) is 11.3 Å². The van der Waals surface area contributed by atoms with Gasteiger partial charge in [0.25, 0.3) is 0 Å². The predicted octanol–water partition coefficient (Wildman–Crippen LogP) is 1.28. The number of carboxylic acids is 1. The van der Waals surface area contributed by atoms with Gasteiger partial charge in [-0.05, 0) is 12.3 Å². The van der Waals surface area contributed by atoms with Crippen molar-refractivity contribution in [1.29, 1.82) is 0 Å². The number of hydrogen-bond donors (Lipinski definition) is 1. The molecule has 0 aromatic rings. The molecule has 2 nitrogen and oxygen atoms in total. The lowest BCUT2D eigenvalue weighted by molar-refractivity contribution is -0.141. The Bertz CT molecular complexity index is 162. The monoisotopic (exact) mass is 126 g/mol. The smallest absolute Gasteiger partial charge is 0.313 e. The van der Waals surface area contributed by atoms with E-state index in [2.05, 4.69) is 6.58 Å². The van der Waals surface area contributed by atoms with Crippen LogP contribution in [-0.2, 0) is 4.79 Å². The van der Waals surface area contributed by atoms with E-state index in [4.69, 9.17) is 5.11 Å². The lowest BCUT2D eigenvalue weighted by atomic mass is 10.1. The number of rotatable bonds is 2. The molecule has 0 heterocycles. The van der Waals surface area contributed by atoms with E-state index in [0.717, 1.165) is 6.42 Å². The van der Waals surface area contributed by atoms with Crippen LogP contribution in [0.5, 0.6) is 0 Å². The average Bonchev–Trinajstić information content (AvgIpc) is 2.43. The summed E-state index contributed by atoms with van der Waals surface area (Å²) >= 11 is 0. The highest BCUT2D eigenvalue weighted by molar-refractivity contribution is 5.80. The summed E-state index contributed by atoms with van der Waals surface area (Å²) in [5.41, 5.74) is -0.569. The molecule has 1 aliphatic carbocycles. The first-order chi connectivity index (χ1) is 4.13. The van der Waals surface area contributed by atoms with Crippen molar-refractivity contribution in [2.75, 3.05) is 0 Å². The largest absolute Gasteiger partial charge is 0.481 e. The van der Waals surface area contributed by atoms with Crippen molar-refractivity contribution >= 4 is 5.97 Å². The van der Waals surface area contributed by atoms with Gasteiger partial charge in [0.1, 0.15) is 0 Å². The molecule has 1 N–H and O–H groups in total. The quantitative estimate of drug-likeness (QED) is 0.566. The lowest BCUT2D eigenvalue weighted by Gasteiger charge is -2.00. The van der Waals surface area contributed by atoms with Gasteiger partial charge in [0.05, 0.1) is 5.41 Å². The van der Waals surface area contributed by atoms with Crippen molar-refractivity contribution < 1.29 is 9.90 Å². The highest BCUT2D eigenvalue weighted by Crippen LogP contribution is 2.53. The topological polar surface area (TPSA) is 37.3 Å². The molecule has 0 aromatic heterocycles. The van der Waals surface area contributed by atoms with Crippen molar-refractivity contribution in [1.82, 2.24) is 0 Å². The number of aliphatic carboxylic acids is 1. The predicted molar refractivity (Wildman–Crippen MR) is 34.0 cm³/mol. The molecule has 9 heavy (non-hydrogen) atoms. The zero-order valence-corrected chi connectivity index (χ0v) is 5.42. The molecule has 0 radical (unpaired) electrons. The molecule has 0 bridgehead atoms. The molecule has 2 heteroatoms. The Kier molecular flexibility index (Phi) is 1.12. The van der Waals surface area contributed by atoms with Gasteiger partial charge in [-0.25, -0.2) is 0 Å². The van der Waals surface area contributed by atoms with E-state index in [1.54, 1.807) is 6.08 Å². The van der Waals surface area contributed by atoms with Crippen LogP contribution in [0.1, 0.15) is 13.3 Å². The second-order valence-electron chi connectivity index (χ2n) is 2.65. The van der Waals surface area contributed by atoms with E-state index in [9.17, 15) is 4.79 Å². The highest BCUT2D eigenvalue weighted by Gasteiger charge is 2.55. The maximum absolute atomic E-state index is 10.5. The van der Waals surface area contributed by atoms with Crippen LogP contribution in [0.25, 0.3) is 0 Å². The van der Waals surface area contributed by atoms with Gasteiger partial charge in [-0.3, -0.25) is 4.79 Å². The minimum atomic E-state index is -0.731. The van der Waals surface area contributed by atoms with Crippen molar-refractivity contribution in [3.8, 4) is 0 Å². The van der Waals surface area contributed by atoms with E-state index < -0.39 is 11.4 Å². The molecule has 1 rings (SSSR count). The Balaban J connectivity index is 2.73. The molecule has 2 atom stereocenters. The molecule has 1 saturated carbocycles. The molecule has 0 amide bonds. The molecule has 2 unspecified atom stereocenters. The van der Waals surface area contributed by atoms with Crippen LogP contribution < -0.4 is 0 Å². The van der Waals surface area contributed by atoms with Gasteiger partial charge in [0, 0.05) is 0 Å². The van der Waals surface area contributed by atoms with Gasteiger partial charge in [-0.1, -0.05) is 13.0 Å². The van der Waals surface area contributed by atoms with E-state index >= 15 is 0 Å². The third kappa shape index (κ3) is 0.661. The summed E-state index contributed by atoms with van der Waals surface area (Å²) in [6, 6.07) is 0. The average molecular weight is 126 g/mol. The minimum absolute atomic E-state index is 0.285. The van der Waals surface area contributed by atoms with Gasteiger partial charge in [-0.2, -0.15) is 0 Å². The van der Waals surface area contributed by atoms with Crippen molar-refractivity contribution in [2.24, 2.45) is 11.3 Å². The molecular formula is C7H10O2. The molecule has 1 fully saturated rings. The van der Waals surface area contributed by atoms with Gasteiger partial charge in [0.2, 0.25) is 0 Å². The molecule has 0 spiro atoms. The Morgan fingerprint density at radius 3 is 2.44 bits per heavy atom. The normalized spacial score (nSPS) is 39.9. The summed E-state index contributed by atoms with van der Waals surface area (Å²) in [5.74, 6) is -0.447. The van der Waals surface area contributed by atoms with E-state index in [1.165, 1.54) is 0 Å². The Hall–Kier alpha value is -0.790. The van der Waals surface area contributed by atoms with Gasteiger partial charge < -0.3 is 5.11 Å². The molecule has 0 aromatic carbocycles. The molecule has 1 aliphatic rings. The minimum Gasteiger partial charge on any atom is -0.481 e. The van der Waals surface area contributed by atoms with Crippen LogP contribution in [0.2, 0.25) is 0 Å². The Labute approximate surface area is 54.2 Å². The first-order valence-corrected chi connectivity index (χ1v) is 3.00. The second kappa shape index (κ2) is 1.59. The molecule has 0 aliphatic heterocycles. The third-order valence-corrected chi connectivity index (χ3v) is 2.13. The summed E-state index contributed by atoms with van der Waals surface area (Å²) in [5, 5.41) is 8.60. The van der Waals surface area contributed by atoms with Crippen LogP contribution in [0.3, 0.4) is 0 Å². The summed E-state index contributed by atoms with van der Waals surface area (Å²) < 4.78 is 0. The summed E-state index contributed by atoms with van der Waals surface area (Å²) in [4.78, 5) is 10.5. The number of hydrogen-bond acceptors (Lipinski definition) is 1. The summed E-state index contributed by atoms with van der Waals surface area (Å²) in [7, 11) is 0. The summed E-state index contributed by atoms with van der Waals surface area (Å²) in [6.45, 7) is 5.41. The fraction of sp³-hybridized carbons (Fsp3) is 0.571. The number of carboxylic acid groups (broad SMARTS) is 1.